The number of nitrogens with zero attached hydrogens (tertiary/aromatic N) is 4. The lowest BCUT2D eigenvalue weighted by Gasteiger charge is -2.27. The zero-order valence-electron chi connectivity index (χ0n) is 14.8. The first-order valence-electron chi connectivity index (χ1n) is 8.87. The Labute approximate surface area is 181 Å². The molecule has 2 heterocycles. The highest BCUT2D eigenvalue weighted by atomic mass is 35.5. The third kappa shape index (κ3) is 4.52. The maximum absolute atomic E-state index is 12.4. The van der Waals surface area contributed by atoms with E-state index >= 15 is 0 Å². The minimum atomic E-state index is -0.227. The molecule has 7 nitrogen and oxygen atoms in total. The quantitative estimate of drug-likeness (QED) is 0.651. The second-order valence-electron chi connectivity index (χ2n) is 6.56. The maximum atomic E-state index is 12.4. The molecule has 1 N–H and O–H groups in total. The van der Waals surface area contributed by atoms with Crippen LogP contribution in [-0.2, 0) is 9.53 Å². The van der Waals surface area contributed by atoms with Crippen LogP contribution in [0.15, 0.2) is 17.3 Å². The number of ether oxygens (including phenoxy) is 1. The van der Waals surface area contributed by atoms with Crippen molar-refractivity contribution in [1.82, 2.24) is 14.8 Å². The highest BCUT2D eigenvalue weighted by Gasteiger charge is 2.32. The van der Waals surface area contributed by atoms with Crippen LogP contribution in [0.4, 0.5) is 11.6 Å². The summed E-state index contributed by atoms with van der Waals surface area (Å²) >= 11 is 19.5. The van der Waals surface area contributed by atoms with Crippen molar-refractivity contribution in [3.05, 3.63) is 27.2 Å². The number of hydrogen-bond acceptors (Lipinski definition) is 6. The molecule has 1 aliphatic heterocycles. The summed E-state index contributed by atoms with van der Waals surface area (Å²) in [5.41, 5.74) is 0.357. The lowest BCUT2D eigenvalue weighted by atomic mass is 10.3. The number of rotatable bonds is 6. The first kappa shape index (κ1) is 20.1. The number of morpholine rings is 1. The first-order valence-corrected chi connectivity index (χ1v) is 11.0. The Hall–Kier alpha value is -1.19. The molecule has 4 rings (SSSR count). The fourth-order valence-corrected chi connectivity index (χ4v) is 4.68. The van der Waals surface area contributed by atoms with E-state index in [1.165, 1.54) is 23.9 Å². The van der Waals surface area contributed by atoms with E-state index in [0.717, 1.165) is 37.0 Å². The summed E-state index contributed by atoms with van der Waals surface area (Å²) in [6.07, 6.45) is 2.20. The molecule has 0 atom stereocenters. The van der Waals surface area contributed by atoms with Crippen molar-refractivity contribution in [2.75, 3.05) is 42.3 Å². The van der Waals surface area contributed by atoms with E-state index in [1.807, 2.05) is 0 Å². The number of nitrogens with one attached hydrogen (secondary N) is 1. The van der Waals surface area contributed by atoms with Crippen LogP contribution in [0.3, 0.4) is 0 Å². The first-order chi connectivity index (χ1) is 13.5. The van der Waals surface area contributed by atoms with E-state index < -0.39 is 0 Å². The minimum absolute atomic E-state index is 0.170. The van der Waals surface area contributed by atoms with Gasteiger partial charge < -0.3 is 15.0 Å². The Morgan fingerprint density at radius 2 is 1.86 bits per heavy atom. The van der Waals surface area contributed by atoms with Crippen LogP contribution in [0, 0.1) is 0 Å². The van der Waals surface area contributed by atoms with Crippen molar-refractivity contribution >= 4 is 64.1 Å². The average molecular weight is 463 g/mol. The second-order valence-corrected chi connectivity index (χ2v) is 8.76. The summed E-state index contributed by atoms with van der Waals surface area (Å²) in [6.45, 7) is 2.96. The van der Waals surface area contributed by atoms with Crippen molar-refractivity contribution < 1.29 is 9.53 Å². The van der Waals surface area contributed by atoms with Gasteiger partial charge in [0.05, 0.1) is 34.7 Å². The van der Waals surface area contributed by atoms with Gasteiger partial charge in [-0.15, -0.1) is 10.2 Å². The molecule has 1 saturated heterocycles. The predicted octanol–water partition coefficient (Wildman–Crippen LogP) is 4.14. The molecule has 1 aliphatic carbocycles. The van der Waals surface area contributed by atoms with Crippen LogP contribution < -0.4 is 10.2 Å². The van der Waals surface area contributed by atoms with Gasteiger partial charge in [-0.05, 0) is 25.0 Å². The maximum Gasteiger partial charge on any atom is 0.234 e. The predicted molar refractivity (Wildman–Crippen MR) is 112 cm³/mol. The molecule has 1 saturated carbocycles. The standard InChI is InChI=1S/C17H18Cl3N5O2S/c18-10-7-12(19)15(13(20)8-10)21-14(26)9-28-17-23-22-16(25(17)11-1-2-11)24-3-5-27-6-4-24/h7-8,11H,1-6,9H2,(H,21,26). The molecule has 0 radical (unpaired) electrons. The molecule has 11 heteroatoms. The van der Waals surface area contributed by atoms with E-state index in [-0.39, 0.29) is 11.7 Å². The van der Waals surface area contributed by atoms with Gasteiger partial charge in [0, 0.05) is 24.2 Å². The second kappa shape index (κ2) is 8.67. The van der Waals surface area contributed by atoms with Gasteiger partial charge in [0.2, 0.25) is 11.9 Å². The third-order valence-electron chi connectivity index (χ3n) is 4.46. The molecule has 1 amide bonds. The number of aromatic nitrogens is 3. The van der Waals surface area contributed by atoms with E-state index in [4.69, 9.17) is 39.5 Å². The van der Waals surface area contributed by atoms with E-state index in [2.05, 4.69) is 25.0 Å². The van der Waals surface area contributed by atoms with Gasteiger partial charge >= 0.3 is 0 Å². The Balaban J connectivity index is 1.43. The minimum Gasteiger partial charge on any atom is -0.378 e. The van der Waals surface area contributed by atoms with Crippen LogP contribution in [0.25, 0.3) is 0 Å². The summed E-state index contributed by atoms with van der Waals surface area (Å²) < 4.78 is 7.56. The Morgan fingerprint density at radius 3 is 2.50 bits per heavy atom. The van der Waals surface area contributed by atoms with E-state index in [0.29, 0.717) is 40.0 Å². The molecule has 0 unspecified atom stereocenters. The fourth-order valence-electron chi connectivity index (χ4n) is 2.97. The molecule has 0 bridgehead atoms. The molecular formula is C17H18Cl3N5O2S. The molecule has 150 valence electrons. The molecular weight excluding hydrogens is 445 g/mol. The van der Waals surface area contributed by atoms with E-state index in [1.54, 1.807) is 0 Å². The summed E-state index contributed by atoms with van der Waals surface area (Å²) in [4.78, 5) is 14.6. The number of benzene rings is 1. The number of carbonyl (C=O) groups is 1. The van der Waals surface area contributed by atoms with Gasteiger partial charge in [-0.1, -0.05) is 46.6 Å². The summed E-state index contributed by atoms with van der Waals surface area (Å²) in [6, 6.07) is 3.48. The third-order valence-corrected chi connectivity index (χ3v) is 6.21. The van der Waals surface area contributed by atoms with Crippen LogP contribution in [0.5, 0.6) is 0 Å². The normalized spacial score (nSPS) is 17.0. The van der Waals surface area contributed by atoms with Crippen molar-refractivity contribution in [2.45, 2.75) is 24.0 Å². The molecule has 1 aromatic carbocycles. The van der Waals surface area contributed by atoms with Crippen LogP contribution in [0.2, 0.25) is 15.1 Å². The van der Waals surface area contributed by atoms with E-state index in [9.17, 15) is 4.79 Å². The fraction of sp³-hybridized carbons (Fsp3) is 0.471. The van der Waals surface area contributed by atoms with Gasteiger partial charge in [0.25, 0.3) is 0 Å². The molecule has 2 aromatic rings. The van der Waals surface area contributed by atoms with Crippen LogP contribution in [-0.4, -0.2) is 52.7 Å². The highest BCUT2D eigenvalue weighted by Crippen LogP contribution is 2.41. The lowest BCUT2D eigenvalue weighted by Crippen LogP contribution is -2.38. The van der Waals surface area contributed by atoms with Gasteiger partial charge in [-0.3, -0.25) is 9.36 Å². The zero-order chi connectivity index (χ0) is 19.7. The zero-order valence-corrected chi connectivity index (χ0v) is 17.9. The lowest BCUT2D eigenvalue weighted by molar-refractivity contribution is -0.113. The van der Waals surface area contributed by atoms with Gasteiger partial charge in [0.1, 0.15) is 0 Å². The monoisotopic (exact) mass is 461 g/mol. The number of halogens is 3. The molecule has 1 aromatic heterocycles. The van der Waals surface area contributed by atoms with Crippen molar-refractivity contribution in [3.8, 4) is 0 Å². The molecule has 2 fully saturated rings. The summed E-state index contributed by atoms with van der Waals surface area (Å²) in [5.74, 6) is 0.801. The van der Waals surface area contributed by atoms with Crippen molar-refractivity contribution in [3.63, 3.8) is 0 Å². The average Bonchev–Trinajstić information content (AvgIpc) is 3.42. The number of amides is 1. The van der Waals surface area contributed by atoms with Crippen molar-refractivity contribution in [1.29, 1.82) is 0 Å². The van der Waals surface area contributed by atoms with Crippen LogP contribution >= 0.6 is 46.6 Å². The van der Waals surface area contributed by atoms with Gasteiger partial charge in [-0.25, -0.2) is 0 Å². The van der Waals surface area contributed by atoms with Gasteiger partial charge in [0.15, 0.2) is 5.16 Å². The Kier molecular flexibility index (Phi) is 6.22. The van der Waals surface area contributed by atoms with Crippen molar-refractivity contribution in [2.24, 2.45) is 0 Å². The number of hydrogen-bond donors (Lipinski definition) is 1. The number of thioether (sulfide) groups is 1. The van der Waals surface area contributed by atoms with Gasteiger partial charge in [-0.2, -0.15) is 0 Å². The van der Waals surface area contributed by atoms with Crippen LogP contribution in [0.1, 0.15) is 18.9 Å². The SMILES string of the molecule is O=C(CSc1nnc(N2CCOCC2)n1C1CC1)Nc1c(Cl)cc(Cl)cc1Cl. The largest absolute Gasteiger partial charge is 0.378 e. The highest BCUT2D eigenvalue weighted by molar-refractivity contribution is 7.99. The Morgan fingerprint density at radius 1 is 1.18 bits per heavy atom. The molecule has 2 aliphatic rings. The molecule has 28 heavy (non-hydrogen) atoms. The number of anilines is 2. The summed E-state index contributed by atoms with van der Waals surface area (Å²) in [5, 5.41) is 13.2. The smallest absolute Gasteiger partial charge is 0.234 e. The summed E-state index contributed by atoms with van der Waals surface area (Å²) in [7, 11) is 0. The number of carbonyl (C=O) groups excluding carboxylic acids is 1. The molecule has 0 spiro atoms. The Bertz CT molecular complexity index is 861. The topological polar surface area (TPSA) is 72.3 Å².